The lowest BCUT2D eigenvalue weighted by Crippen LogP contribution is -2.31. The first-order chi connectivity index (χ1) is 14.9. The van der Waals surface area contributed by atoms with Crippen LogP contribution in [0.1, 0.15) is 23.0 Å². The maximum absolute atomic E-state index is 12.8. The van der Waals surface area contributed by atoms with Crippen molar-refractivity contribution >= 4 is 22.6 Å². The molecule has 1 aromatic heterocycles. The molecule has 1 amide bonds. The van der Waals surface area contributed by atoms with Gasteiger partial charge in [-0.05, 0) is 29.3 Å². The van der Waals surface area contributed by atoms with Gasteiger partial charge in [0.05, 0.1) is 23.6 Å². The first-order valence-electron chi connectivity index (χ1n) is 9.60. The largest absolute Gasteiger partial charge is 0.449 e. The van der Waals surface area contributed by atoms with E-state index in [2.05, 4.69) is 20.6 Å². The topological polar surface area (TPSA) is 69.8 Å². The van der Waals surface area contributed by atoms with Crippen LogP contribution in [0.15, 0.2) is 78.9 Å². The molecule has 3 N–H and O–H groups in total. The molecule has 0 fully saturated rings. The van der Waals surface area contributed by atoms with Gasteiger partial charge in [-0.15, -0.1) is 0 Å². The summed E-state index contributed by atoms with van der Waals surface area (Å²) >= 11 is 0. The average molecular weight is 424 g/mol. The zero-order valence-corrected chi connectivity index (χ0v) is 16.3. The number of hydrogen-bond donors (Lipinski definition) is 3. The van der Waals surface area contributed by atoms with Crippen molar-refractivity contribution in [3.05, 3.63) is 95.8 Å². The number of hydrogen-bond acceptors (Lipinski definition) is 3. The fraction of sp³-hybridized carbons (Fsp3) is 0.130. The van der Waals surface area contributed by atoms with Gasteiger partial charge in [0.15, 0.2) is 0 Å². The van der Waals surface area contributed by atoms with Gasteiger partial charge in [0.25, 0.3) is 0 Å². The highest BCUT2D eigenvalue weighted by molar-refractivity contribution is 5.94. The van der Waals surface area contributed by atoms with Crippen LogP contribution in [0.25, 0.3) is 11.0 Å². The predicted molar refractivity (Wildman–Crippen MR) is 112 cm³/mol. The van der Waals surface area contributed by atoms with Crippen molar-refractivity contribution in [3.8, 4) is 0 Å². The minimum absolute atomic E-state index is 0.0171. The summed E-state index contributed by atoms with van der Waals surface area (Å²) in [6.07, 6.45) is -4.56. The van der Waals surface area contributed by atoms with Gasteiger partial charge >= 0.3 is 6.18 Å². The Morgan fingerprint density at radius 3 is 2.13 bits per heavy atom. The van der Waals surface area contributed by atoms with E-state index >= 15 is 0 Å². The maximum atomic E-state index is 12.8. The number of carbonyl (C=O) groups is 1. The molecule has 158 valence electrons. The molecule has 0 aliphatic heterocycles. The molecule has 0 atom stereocenters. The van der Waals surface area contributed by atoms with Gasteiger partial charge in [0.2, 0.25) is 11.7 Å². The number of halogens is 3. The number of carbonyl (C=O) groups excluding carboxylic acids is 1. The molecule has 3 aromatic carbocycles. The smallest absolute Gasteiger partial charge is 0.334 e. The third-order valence-corrected chi connectivity index (χ3v) is 4.77. The molecule has 0 radical (unpaired) electrons. The van der Waals surface area contributed by atoms with Crippen LogP contribution in [0.4, 0.5) is 18.9 Å². The Morgan fingerprint density at radius 1 is 0.935 bits per heavy atom. The van der Waals surface area contributed by atoms with Crippen LogP contribution in [0, 0.1) is 0 Å². The second-order valence-electron chi connectivity index (χ2n) is 7.00. The number of aromatic amines is 1. The van der Waals surface area contributed by atoms with Gasteiger partial charge in [-0.3, -0.25) is 10.1 Å². The summed E-state index contributed by atoms with van der Waals surface area (Å²) in [5.74, 6) is -1.38. The molecule has 0 bridgehead atoms. The van der Waals surface area contributed by atoms with Crippen molar-refractivity contribution < 1.29 is 18.0 Å². The molecule has 31 heavy (non-hydrogen) atoms. The quantitative estimate of drug-likeness (QED) is 0.412. The molecule has 0 saturated carbocycles. The fourth-order valence-electron chi connectivity index (χ4n) is 3.34. The summed E-state index contributed by atoms with van der Waals surface area (Å²) in [4.78, 5) is 18.3. The minimum Gasteiger partial charge on any atom is -0.334 e. The number of nitrogens with one attached hydrogen (secondary N) is 3. The lowest BCUT2D eigenvalue weighted by Gasteiger charge is -2.19. The predicted octanol–water partition coefficient (Wildman–Crippen LogP) is 4.90. The Bertz CT molecular complexity index is 1130. The van der Waals surface area contributed by atoms with Crippen molar-refractivity contribution in [2.75, 3.05) is 11.9 Å². The van der Waals surface area contributed by atoms with E-state index in [4.69, 9.17) is 0 Å². The average Bonchev–Trinajstić information content (AvgIpc) is 3.19. The number of anilines is 1. The van der Waals surface area contributed by atoms with Crippen molar-refractivity contribution in [3.63, 3.8) is 0 Å². The number of imidazole rings is 1. The SMILES string of the molecule is O=C(CNC(c1ccccc1)c1ccccc1)Nc1ccc2nc(C(F)(F)F)[nH]c2c1. The Morgan fingerprint density at radius 2 is 1.55 bits per heavy atom. The number of aromatic nitrogens is 2. The second-order valence-corrected chi connectivity index (χ2v) is 7.00. The van der Waals surface area contributed by atoms with E-state index in [9.17, 15) is 18.0 Å². The number of alkyl halides is 3. The number of rotatable bonds is 6. The molecule has 0 aliphatic carbocycles. The van der Waals surface area contributed by atoms with E-state index in [0.29, 0.717) is 5.69 Å². The van der Waals surface area contributed by atoms with Crippen molar-refractivity contribution in [1.29, 1.82) is 0 Å². The van der Waals surface area contributed by atoms with Gasteiger partial charge in [-0.2, -0.15) is 13.2 Å². The van der Waals surface area contributed by atoms with E-state index in [0.717, 1.165) is 11.1 Å². The molecule has 0 unspecified atom stereocenters. The lowest BCUT2D eigenvalue weighted by atomic mass is 9.99. The summed E-state index contributed by atoms with van der Waals surface area (Å²) in [6.45, 7) is 0.0171. The molecular formula is C23H19F3N4O. The van der Waals surface area contributed by atoms with Gasteiger partial charge in [0.1, 0.15) is 0 Å². The molecule has 8 heteroatoms. The third kappa shape index (κ3) is 4.92. The summed E-state index contributed by atoms with van der Waals surface area (Å²) in [5, 5.41) is 5.96. The van der Waals surface area contributed by atoms with Crippen LogP contribution in [0.2, 0.25) is 0 Å². The normalized spacial score (nSPS) is 11.7. The molecule has 0 saturated heterocycles. The molecule has 4 aromatic rings. The summed E-state index contributed by atoms with van der Waals surface area (Å²) in [6, 6.07) is 23.7. The first-order valence-corrected chi connectivity index (χ1v) is 9.60. The Hall–Kier alpha value is -3.65. The van der Waals surface area contributed by atoms with E-state index in [1.807, 2.05) is 60.7 Å². The molecule has 0 spiro atoms. The van der Waals surface area contributed by atoms with Crippen molar-refractivity contribution in [2.45, 2.75) is 12.2 Å². The summed E-state index contributed by atoms with van der Waals surface area (Å²) < 4.78 is 38.5. The molecular weight excluding hydrogens is 405 g/mol. The summed E-state index contributed by atoms with van der Waals surface area (Å²) in [7, 11) is 0. The van der Waals surface area contributed by atoms with E-state index in [1.165, 1.54) is 18.2 Å². The van der Waals surface area contributed by atoms with Crippen LogP contribution >= 0.6 is 0 Å². The van der Waals surface area contributed by atoms with Crippen LogP contribution in [0.3, 0.4) is 0 Å². The number of amides is 1. The van der Waals surface area contributed by atoms with Crippen LogP contribution in [-0.4, -0.2) is 22.4 Å². The highest BCUT2D eigenvalue weighted by atomic mass is 19.4. The van der Waals surface area contributed by atoms with Crippen LogP contribution < -0.4 is 10.6 Å². The lowest BCUT2D eigenvalue weighted by molar-refractivity contribution is -0.144. The maximum Gasteiger partial charge on any atom is 0.449 e. The second kappa shape index (κ2) is 8.61. The van der Waals surface area contributed by atoms with Gasteiger partial charge < -0.3 is 10.3 Å². The van der Waals surface area contributed by atoms with Crippen LogP contribution in [-0.2, 0) is 11.0 Å². The standard InChI is InChI=1S/C23H19F3N4O/c24-23(25,26)22-29-18-12-11-17(13-19(18)30-22)28-20(31)14-27-21(15-7-3-1-4-8-15)16-9-5-2-6-10-16/h1-13,21,27H,14H2,(H,28,31)(H,29,30). The van der Waals surface area contributed by atoms with Crippen molar-refractivity contribution in [1.82, 2.24) is 15.3 Å². The van der Waals surface area contributed by atoms with E-state index < -0.39 is 12.0 Å². The first kappa shape index (κ1) is 20.6. The zero-order valence-electron chi connectivity index (χ0n) is 16.3. The Labute approximate surface area is 176 Å². The summed E-state index contributed by atoms with van der Waals surface area (Å²) in [5.41, 5.74) is 2.79. The van der Waals surface area contributed by atoms with Crippen molar-refractivity contribution in [2.24, 2.45) is 0 Å². The van der Waals surface area contributed by atoms with Gasteiger partial charge in [0, 0.05) is 5.69 Å². The molecule has 4 rings (SSSR count). The number of benzene rings is 3. The minimum atomic E-state index is -4.56. The molecule has 0 aliphatic rings. The number of H-pyrrole nitrogens is 1. The van der Waals surface area contributed by atoms with Crippen LogP contribution in [0.5, 0.6) is 0 Å². The molecule has 5 nitrogen and oxygen atoms in total. The highest BCUT2D eigenvalue weighted by Gasteiger charge is 2.34. The van der Waals surface area contributed by atoms with Gasteiger partial charge in [-0.25, -0.2) is 4.98 Å². The highest BCUT2D eigenvalue weighted by Crippen LogP contribution is 2.29. The Balaban J connectivity index is 1.46. The fourth-order valence-corrected chi connectivity index (χ4v) is 3.34. The Kier molecular flexibility index (Phi) is 5.73. The number of nitrogens with zero attached hydrogens (tertiary/aromatic N) is 1. The van der Waals surface area contributed by atoms with E-state index in [1.54, 1.807) is 0 Å². The third-order valence-electron chi connectivity index (χ3n) is 4.77. The molecule has 1 heterocycles. The monoisotopic (exact) mass is 424 g/mol. The van der Waals surface area contributed by atoms with Gasteiger partial charge in [-0.1, -0.05) is 60.7 Å². The number of fused-ring (bicyclic) bond motifs is 1. The zero-order chi connectivity index (χ0) is 21.8. The van der Waals surface area contributed by atoms with E-state index in [-0.39, 0.29) is 29.5 Å².